The number of ketones is 1. The molecule has 2 N–H and O–H groups in total. The van der Waals surface area contributed by atoms with Crippen molar-refractivity contribution in [3.8, 4) is 17.6 Å². The Morgan fingerprint density at radius 2 is 2.11 bits per heavy atom. The highest BCUT2D eigenvalue weighted by Gasteiger charge is 2.38. The number of nitrogens with one attached hydrogen (secondary N) is 1. The molecule has 148 valence electrons. The molecule has 0 bridgehead atoms. The van der Waals surface area contributed by atoms with Crippen LogP contribution in [0.25, 0.3) is 0 Å². The van der Waals surface area contributed by atoms with E-state index in [1.807, 2.05) is 13.8 Å². The van der Waals surface area contributed by atoms with E-state index in [2.05, 4.69) is 34.2 Å². The van der Waals surface area contributed by atoms with Crippen LogP contribution < -0.4 is 10.1 Å². The molecule has 6 heteroatoms. The lowest BCUT2D eigenvalue weighted by molar-refractivity contribution is -0.117. The minimum atomic E-state index is -0.451. The minimum Gasteiger partial charge on any atom is -0.503 e. The van der Waals surface area contributed by atoms with Gasteiger partial charge >= 0.3 is 0 Å². The first-order chi connectivity index (χ1) is 13.4. The van der Waals surface area contributed by atoms with Crippen LogP contribution in [0, 0.1) is 17.2 Å². The van der Waals surface area contributed by atoms with Gasteiger partial charge in [0, 0.05) is 23.4 Å². The minimum absolute atomic E-state index is 0.0194. The van der Waals surface area contributed by atoms with Gasteiger partial charge in [-0.3, -0.25) is 4.79 Å². The second-order valence-electron chi connectivity index (χ2n) is 7.37. The fourth-order valence-electron chi connectivity index (χ4n) is 4.24. The third-order valence-electron chi connectivity index (χ3n) is 5.41. The van der Waals surface area contributed by atoms with Crippen molar-refractivity contribution in [2.24, 2.45) is 5.92 Å². The van der Waals surface area contributed by atoms with E-state index < -0.39 is 5.92 Å². The number of benzene rings is 1. The number of allylic oxidation sites excluding steroid dienone is 4. The summed E-state index contributed by atoms with van der Waals surface area (Å²) in [6.45, 7) is 6.26. The van der Waals surface area contributed by atoms with Crippen molar-refractivity contribution in [3.63, 3.8) is 0 Å². The summed E-state index contributed by atoms with van der Waals surface area (Å²) >= 11 is 3.38. The van der Waals surface area contributed by atoms with Gasteiger partial charge in [0.1, 0.15) is 0 Å². The van der Waals surface area contributed by atoms with Crippen LogP contribution in [0.15, 0.2) is 39.1 Å². The number of ether oxygens (including phenoxy) is 1. The van der Waals surface area contributed by atoms with E-state index in [9.17, 15) is 15.2 Å². The molecule has 1 heterocycles. The number of nitriles is 1. The van der Waals surface area contributed by atoms with Crippen LogP contribution in [0.1, 0.15) is 57.9 Å². The largest absolute Gasteiger partial charge is 0.503 e. The number of aromatic hydroxyl groups is 1. The zero-order chi connectivity index (χ0) is 20.4. The van der Waals surface area contributed by atoms with Gasteiger partial charge in [-0.05, 0) is 66.2 Å². The summed E-state index contributed by atoms with van der Waals surface area (Å²) in [5.74, 6) is 0.346. The monoisotopic (exact) mass is 444 g/mol. The van der Waals surface area contributed by atoms with E-state index in [4.69, 9.17) is 4.74 Å². The predicted molar refractivity (Wildman–Crippen MR) is 111 cm³/mol. The molecule has 2 atom stereocenters. The average molecular weight is 445 g/mol. The Labute approximate surface area is 174 Å². The van der Waals surface area contributed by atoms with E-state index in [0.29, 0.717) is 40.3 Å². The van der Waals surface area contributed by atoms with E-state index in [0.717, 1.165) is 36.2 Å². The van der Waals surface area contributed by atoms with E-state index in [-0.39, 0.29) is 11.5 Å². The van der Waals surface area contributed by atoms with Crippen molar-refractivity contribution < 1.29 is 14.6 Å². The van der Waals surface area contributed by atoms with Gasteiger partial charge in [0.25, 0.3) is 0 Å². The summed E-state index contributed by atoms with van der Waals surface area (Å²) in [5, 5.41) is 23.4. The summed E-state index contributed by atoms with van der Waals surface area (Å²) in [6.07, 6.45) is 3.39. The summed E-state index contributed by atoms with van der Waals surface area (Å²) in [4.78, 5) is 13.1. The SMILES string of the molecule is CCC[C@@H]1CC(=O)C2=C(C1)NC(C)=C(C#N)[C@H]2c1cc(Br)c(O)c(OCC)c1. The Hall–Kier alpha value is -2.26. The number of hydrogen-bond donors (Lipinski definition) is 2. The van der Waals surface area contributed by atoms with Gasteiger partial charge in [0.05, 0.1) is 28.6 Å². The maximum atomic E-state index is 13.1. The fraction of sp³-hybridized carbons (Fsp3) is 0.455. The van der Waals surface area contributed by atoms with Crippen molar-refractivity contribution in [2.45, 2.75) is 52.4 Å². The van der Waals surface area contributed by atoms with Crippen LogP contribution in [0.3, 0.4) is 0 Å². The van der Waals surface area contributed by atoms with Gasteiger partial charge in [0.15, 0.2) is 17.3 Å². The van der Waals surface area contributed by atoms with E-state index >= 15 is 0 Å². The molecule has 28 heavy (non-hydrogen) atoms. The molecule has 0 radical (unpaired) electrons. The molecule has 0 saturated heterocycles. The molecule has 5 nitrogen and oxygen atoms in total. The van der Waals surface area contributed by atoms with Gasteiger partial charge in [-0.2, -0.15) is 5.26 Å². The Bertz CT molecular complexity index is 911. The smallest absolute Gasteiger partial charge is 0.172 e. The zero-order valence-corrected chi connectivity index (χ0v) is 18.0. The van der Waals surface area contributed by atoms with Crippen LogP contribution in [0.4, 0.5) is 0 Å². The number of hydrogen-bond acceptors (Lipinski definition) is 5. The van der Waals surface area contributed by atoms with Crippen molar-refractivity contribution in [2.75, 3.05) is 6.61 Å². The molecule has 1 aromatic rings. The number of rotatable bonds is 5. The lowest BCUT2D eigenvalue weighted by Gasteiger charge is -2.35. The standard InChI is InChI=1S/C22H25BrN2O3/c1-4-6-13-7-17-21(18(26)8-13)20(15(11-24)12(3)25-17)14-9-16(23)22(27)19(10-14)28-5-2/h9-10,13,20,25,27H,4-8H2,1-3H3/t13-,20+/m0/s1. The summed E-state index contributed by atoms with van der Waals surface area (Å²) in [5.41, 5.74) is 3.67. The quantitative estimate of drug-likeness (QED) is 0.661. The third kappa shape index (κ3) is 3.68. The molecule has 0 spiro atoms. The Balaban J connectivity index is 2.15. The molecular formula is C22H25BrN2O3. The highest BCUT2D eigenvalue weighted by atomic mass is 79.9. The number of dihydropyridines is 1. The lowest BCUT2D eigenvalue weighted by atomic mass is 9.72. The summed E-state index contributed by atoms with van der Waals surface area (Å²) < 4.78 is 6.04. The van der Waals surface area contributed by atoms with Gasteiger partial charge in [-0.1, -0.05) is 13.3 Å². The summed E-state index contributed by atoms with van der Waals surface area (Å²) in [7, 11) is 0. The Morgan fingerprint density at radius 3 is 2.75 bits per heavy atom. The molecule has 0 unspecified atom stereocenters. The van der Waals surface area contributed by atoms with Gasteiger partial charge in [-0.15, -0.1) is 0 Å². The highest BCUT2D eigenvalue weighted by Crippen LogP contribution is 2.46. The van der Waals surface area contributed by atoms with Crippen LogP contribution >= 0.6 is 15.9 Å². The number of carbonyl (C=O) groups is 1. The topological polar surface area (TPSA) is 82.4 Å². The number of nitrogens with zero attached hydrogens (tertiary/aromatic N) is 1. The number of phenolic OH excluding ortho intramolecular Hbond substituents is 1. The maximum Gasteiger partial charge on any atom is 0.172 e. The van der Waals surface area contributed by atoms with Gasteiger partial charge in [0.2, 0.25) is 0 Å². The molecule has 1 aliphatic heterocycles. The van der Waals surface area contributed by atoms with E-state index in [1.165, 1.54) is 0 Å². The maximum absolute atomic E-state index is 13.1. The predicted octanol–water partition coefficient (Wildman–Crippen LogP) is 5.07. The molecule has 1 aromatic carbocycles. The lowest BCUT2D eigenvalue weighted by Crippen LogP contribution is -2.34. The molecule has 0 aromatic heterocycles. The normalized spacial score (nSPS) is 21.9. The average Bonchev–Trinajstić information content (AvgIpc) is 2.64. The number of Topliss-reactive ketones (excluding diaryl/α,β-unsaturated/α-hetero) is 1. The first-order valence-corrected chi connectivity index (χ1v) is 10.5. The second-order valence-corrected chi connectivity index (χ2v) is 8.22. The Kier molecular flexibility index (Phi) is 6.14. The summed E-state index contributed by atoms with van der Waals surface area (Å²) in [6, 6.07) is 5.80. The molecule has 1 aliphatic carbocycles. The number of carbonyl (C=O) groups excluding carboxylic acids is 1. The van der Waals surface area contributed by atoms with Crippen LogP contribution in [-0.2, 0) is 4.79 Å². The first-order valence-electron chi connectivity index (χ1n) is 9.70. The van der Waals surface area contributed by atoms with Crippen LogP contribution in [-0.4, -0.2) is 17.5 Å². The second kappa shape index (κ2) is 8.40. The molecule has 3 rings (SSSR count). The number of phenols is 1. The van der Waals surface area contributed by atoms with Gasteiger partial charge < -0.3 is 15.2 Å². The van der Waals surface area contributed by atoms with Crippen molar-refractivity contribution in [3.05, 3.63) is 44.7 Å². The van der Waals surface area contributed by atoms with Crippen molar-refractivity contribution in [1.29, 1.82) is 5.26 Å². The van der Waals surface area contributed by atoms with Crippen LogP contribution in [0.2, 0.25) is 0 Å². The van der Waals surface area contributed by atoms with Gasteiger partial charge in [-0.25, -0.2) is 0 Å². The first kappa shape index (κ1) is 20.5. The van der Waals surface area contributed by atoms with Crippen molar-refractivity contribution >= 4 is 21.7 Å². The fourth-order valence-corrected chi connectivity index (χ4v) is 4.70. The number of halogens is 1. The zero-order valence-electron chi connectivity index (χ0n) is 16.4. The molecule has 0 saturated carbocycles. The molecular weight excluding hydrogens is 420 g/mol. The third-order valence-corrected chi connectivity index (χ3v) is 6.02. The van der Waals surface area contributed by atoms with Crippen molar-refractivity contribution in [1.82, 2.24) is 5.32 Å². The molecule has 0 fully saturated rings. The Morgan fingerprint density at radius 1 is 1.36 bits per heavy atom. The van der Waals surface area contributed by atoms with Crippen LogP contribution in [0.5, 0.6) is 11.5 Å². The molecule has 0 amide bonds. The highest BCUT2D eigenvalue weighted by molar-refractivity contribution is 9.10. The molecule has 2 aliphatic rings. The van der Waals surface area contributed by atoms with E-state index in [1.54, 1.807) is 12.1 Å².